The van der Waals surface area contributed by atoms with E-state index in [2.05, 4.69) is 18.7 Å². The summed E-state index contributed by atoms with van der Waals surface area (Å²) < 4.78 is 5.35. The predicted octanol–water partition coefficient (Wildman–Crippen LogP) is 1.41. The van der Waals surface area contributed by atoms with Gasteiger partial charge in [-0.15, -0.1) is 0 Å². The van der Waals surface area contributed by atoms with Gasteiger partial charge in [0.05, 0.1) is 19.3 Å². The molecule has 0 radical (unpaired) electrons. The van der Waals surface area contributed by atoms with E-state index in [4.69, 9.17) is 4.74 Å². The lowest BCUT2D eigenvalue weighted by Gasteiger charge is -2.43. The van der Waals surface area contributed by atoms with Gasteiger partial charge in [0.2, 0.25) is 0 Å². The van der Waals surface area contributed by atoms with Crippen LogP contribution in [0.2, 0.25) is 0 Å². The lowest BCUT2D eigenvalue weighted by Crippen LogP contribution is -2.56. The minimum Gasteiger partial charge on any atom is -0.508 e. The van der Waals surface area contributed by atoms with Crippen LogP contribution in [0.3, 0.4) is 0 Å². The van der Waals surface area contributed by atoms with Crippen LogP contribution in [-0.2, 0) is 11.2 Å². The van der Waals surface area contributed by atoms with Crippen LogP contribution in [0.15, 0.2) is 24.3 Å². The van der Waals surface area contributed by atoms with Crippen molar-refractivity contribution in [3.63, 3.8) is 0 Å². The van der Waals surface area contributed by atoms with Crippen LogP contribution >= 0.6 is 0 Å². The number of ether oxygens (including phenoxy) is 1. The Morgan fingerprint density at radius 1 is 1.21 bits per heavy atom. The number of morpholine rings is 1. The van der Waals surface area contributed by atoms with Gasteiger partial charge in [0.25, 0.3) is 0 Å². The Kier molecular flexibility index (Phi) is 4.45. The van der Waals surface area contributed by atoms with Gasteiger partial charge >= 0.3 is 0 Å². The normalized spacial score (nSPS) is 19.3. The fraction of sp³-hybridized carbons (Fsp3) is 0.600. The molecule has 0 bridgehead atoms. The van der Waals surface area contributed by atoms with Gasteiger partial charge in [-0.2, -0.15) is 0 Å². The first-order valence-electron chi connectivity index (χ1n) is 6.79. The predicted molar refractivity (Wildman–Crippen MR) is 74.3 cm³/mol. The molecule has 106 valence electrons. The molecular weight excluding hydrogens is 242 g/mol. The molecule has 1 atom stereocenters. The van der Waals surface area contributed by atoms with E-state index in [1.807, 2.05) is 12.1 Å². The highest BCUT2D eigenvalue weighted by atomic mass is 16.5. The molecule has 19 heavy (non-hydrogen) atoms. The van der Waals surface area contributed by atoms with E-state index in [0.29, 0.717) is 6.42 Å². The van der Waals surface area contributed by atoms with Gasteiger partial charge in [-0.25, -0.2) is 0 Å². The highest BCUT2D eigenvalue weighted by Gasteiger charge is 2.35. The highest BCUT2D eigenvalue weighted by Crippen LogP contribution is 2.23. The van der Waals surface area contributed by atoms with Crippen LogP contribution in [0, 0.1) is 0 Å². The lowest BCUT2D eigenvalue weighted by molar-refractivity contribution is -0.0612. The first kappa shape index (κ1) is 14.3. The minimum atomic E-state index is -0.449. The molecule has 0 amide bonds. The summed E-state index contributed by atoms with van der Waals surface area (Å²) >= 11 is 0. The topological polar surface area (TPSA) is 52.9 Å². The number of hydrogen-bond donors (Lipinski definition) is 2. The average Bonchev–Trinajstić information content (AvgIpc) is 2.42. The number of phenols is 1. The molecule has 0 aliphatic carbocycles. The molecule has 1 heterocycles. The van der Waals surface area contributed by atoms with E-state index in [1.54, 1.807) is 12.1 Å². The molecule has 1 aliphatic rings. The number of nitrogens with zero attached hydrogens (tertiary/aromatic N) is 1. The molecule has 1 aliphatic heterocycles. The summed E-state index contributed by atoms with van der Waals surface area (Å²) in [4.78, 5) is 2.28. The largest absolute Gasteiger partial charge is 0.508 e. The van der Waals surface area contributed by atoms with Crippen molar-refractivity contribution in [2.45, 2.75) is 31.9 Å². The summed E-state index contributed by atoms with van der Waals surface area (Å²) in [6.45, 7) is 7.33. The quantitative estimate of drug-likeness (QED) is 0.864. The van der Waals surface area contributed by atoms with Crippen LogP contribution in [-0.4, -0.2) is 53.1 Å². The Bertz CT molecular complexity index is 396. The number of aromatic hydroxyl groups is 1. The molecule has 4 nitrogen and oxygen atoms in total. The summed E-state index contributed by atoms with van der Waals surface area (Å²) in [5, 5.41) is 19.8. The molecular formula is C15H23NO3. The second kappa shape index (κ2) is 5.90. The van der Waals surface area contributed by atoms with Crippen molar-refractivity contribution in [1.29, 1.82) is 0 Å². The van der Waals surface area contributed by atoms with Crippen molar-refractivity contribution in [3.8, 4) is 5.75 Å². The van der Waals surface area contributed by atoms with Crippen molar-refractivity contribution in [2.75, 3.05) is 26.3 Å². The Labute approximate surface area is 114 Å². The maximum Gasteiger partial charge on any atom is 0.115 e. The molecule has 0 spiro atoms. The van der Waals surface area contributed by atoms with Crippen molar-refractivity contribution in [1.82, 2.24) is 4.90 Å². The molecule has 0 aromatic heterocycles. The summed E-state index contributed by atoms with van der Waals surface area (Å²) in [5.74, 6) is 0.255. The third-order valence-corrected chi connectivity index (χ3v) is 4.01. The fourth-order valence-electron chi connectivity index (χ4n) is 2.46. The van der Waals surface area contributed by atoms with Crippen LogP contribution < -0.4 is 0 Å². The maximum atomic E-state index is 10.5. The zero-order valence-electron chi connectivity index (χ0n) is 11.7. The lowest BCUT2D eigenvalue weighted by atomic mass is 9.89. The molecule has 0 saturated carbocycles. The molecule has 1 unspecified atom stereocenters. The number of phenolic OH excluding ortho intramolecular Hbond substituents is 1. The number of aliphatic hydroxyl groups excluding tert-OH is 1. The summed E-state index contributed by atoms with van der Waals surface area (Å²) in [6, 6.07) is 7.02. The van der Waals surface area contributed by atoms with Gasteiger partial charge < -0.3 is 14.9 Å². The summed E-state index contributed by atoms with van der Waals surface area (Å²) in [6.07, 6.45) is 0.139. The van der Waals surface area contributed by atoms with Crippen LogP contribution in [0.5, 0.6) is 5.75 Å². The minimum absolute atomic E-state index is 0.255. The fourth-order valence-corrected chi connectivity index (χ4v) is 2.46. The second-order valence-electron chi connectivity index (χ2n) is 5.64. The van der Waals surface area contributed by atoms with Crippen molar-refractivity contribution < 1.29 is 14.9 Å². The number of rotatable bonds is 4. The van der Waals surface area contributed by atoms with E-state index in [-0.39, 0.29) is 11.3 Å². The van der Waals surface area contributed by atoms with Crippen LogP contribution in [0.25, 0.3) is 0 Å². The molecule has 1 saturated heterocycles. The first-order valence-corrected chi connectivity index (χ1v) is 6.79. The third kappa shape index (κ3) is 3.47. The zero-order valence-corrected chi connectivity index (χ0v) is 11.7. The Morgan fingerprint density at radius 3 is 2.37 bits per heavy atom. The van der Waals surface area contributed by atoms with Crippen LogP contribution in [0.1, 0.15) is 19.4 Å². The molecule has 1 aromatic carbocycles. The van der Waals surface area contributed by atoms with E-state index in [9.17, 15) is 10.2 Å². The van der Waals surface area contributed by atoms with Crippen molar-refractivity contribution in [3.05, 3.63) is 29.8 Å². The number of benzene rings is 1. The van der Waals surface area contributed by atoms with E-state index in [0.717, 1.165) is 31.9 Å². The Hall–Kier alpha value is -1.10. The number of aliphatic hydroxyl groups is 1. The van der Waals surface area contributed by atoms with Gasteiger partial charge in [-0.3, -0.25) is 4.90 Å². The van der Waals surface area contributed by atoms with Gasteiger partial charge in [-0.1, -0.05) is 12.1 Å². The summed E-state index contributed by atoms with van der Waals surface area (Å²) in [5.41, 5.74) is 0.758. The average molecular weight is 265 g/mol. The molecule has 1 fully saturated rings. The third-order valence-electron chi connectivity index (χ3n) is 4.01. The number of hydrogen-bond acceptors (Lipinski definition) is 4. The molecule has 4 heteroatoms. The van der Waals surface area contributed by atoms with Gasteiger partial charge in [0, 0.05) is 25.0 Å². The molecule has 1 aromatic rings. The molecule has 2 rings (SSSR count). The van der Waals surface area contributed by atoms with Gasteiger partial charge in [0.1, 0.15) is 5.75 Å². The SMILES string of the molecule is CC(C)(C(O)Cc1ccc(O)cc1)N1CCOCC1. The standard InChI is InChI=1S/C15H23NO3/c1-15(2,16-7-9-19-10-8-16)14(18)11-12-3-5-13(17)6-4-12/h3-6,14,17-18H,7-11H2,1-2H3. The maximum absolute atomic E-state index is 10.5. The first-order chi connectivity index (χ1) is 9.00. The molecule has 2 N–H and O–H groups in total. The highest BCUT2D eigenvalue weighted by molar-refractivity contribution is 5.26. The van der Waals surface area contributed by atoms with Crippen molar-refractivity contribution >= 4 is 0 Å². The van der Waals surface area contributed by atoms with Crippen LogP contribution in [0.4, 0.5) is 0 Å². The second-order valence-corrected chi connectivity index (χ2v) is 5.64. The monoisotopic (exact) mass is 265 g/mol. The summed E-state index contributed by atoms with van der Waals surface area (Å²) in [7, 11) is 0. The zero-order chi connectivity index (χ0) is 13.9. The van der Waals surface area contributed by atoms with E-state index < -0.39 is 6.10 Å². The smallest absolute Gasteiger partial charge is 0.115 e. The van der Waals surface area contributed by atoms with E-state index >= 15 is 0 Å². The van der Waals surface area contributed by atoms with Crippen molar-refractivity contribution in [2.24, 2.45) is 0 Å². The van der Waals surface area contributed by atoms with Gasteiger partial charge in [-0.05, 0) is 31.5 Å². The van der Waals surface area contributed by atoms with Gasteiger partial charge in [0.15, 0.2) is 0 Å². The van der Waals surface area contributed by atoms with E-state index in [1.165, 1.54) is 0 Å². The Balaban J connectivity index is 2.00. The Morgan fingerprint density at radius 2 is 1.79 bits per heavy atom.